The first kappa shape index (κ1) is 20.5. The van der Waals surface area contributed by atoms with E-state index in [0.29, 0.717) is 5.75 Å². The summed E-state index contributed by atoms with van der Waals surface area (Å²) < 4.78 is 10.2. The number of aliphatic carboxylic acids is 1. The number of esters is 1. The van der Waals surface area contributed by atoms with Gasteiger partial charge in [-0.15, -0.1) is 0 Å². The Bertz CT molecular complexity index is 652. The summed E-state index contributed by atoms with van der Waals surface area (Å²) in [6, 6.07) is 2.19. The average molecular weight is 351 g/mol. The van der Waals surface area contributed by atoms with Gasteiger partial charge in [-0.2, -0.15) is 0 Å². The number of ether oxygens (including phenoxy) is 2. The number of carbonyl (C=O) groups is 3. The predicted octanol–water partition coefficient (Wildman–Crippen LogP) is 2.75. The number of carboxylic acid groups (broad SMARTS) is 1. The molecule has 1 atom stereocenters. The summed E-state index contributed by atoms with van der Waals surface area (Å²) in [5.41, 5.74) is 1.59. The number of hydrogen-bond acceptors (Lipinski definition) is 5. The molecule has 0 radical (unpaired) electrons. The minimum atomic E-state index is -1.16. The summed E-state index contributed by atoms with van der Waals surface area (Å²) >= 11 is 0. The topological polar surface area (TPSA) is 102 Å². The maximum Gasteiger partial charge on any atom is 0.408 e. The zero-order valence-corrected chi connectivity index (χ0v) is 15.4. The SMILES string of the molecule is CC(=O)Oc1cc(C)c(C[C@H](NC(=O)OC(C)(C)C)C(=O)O)c(C)c1. The van der Waals surface area contributed by atoms with Gasteiger partial charge in [0, 0.05) is 13.3 Å². The van der Waals surface area contributed by atoms with E-state index in [1.807, 2.05) is 0 Å². The molecule has 0 bridgehead atoms. The van der Waals surface area contributed by atoms with E-state index in [1.165, 1.54) is 6.92 Å². The van der Waals surface area contributed by atoms with E-state index in [1.54, 1.807) is 46.8 Å². The molecule has 0 heterocycles. The van der Waals surface area contributed by atoms with Crippen molar-refractivity contribution < 1.29 is 29.0 Å². The van der Waals surface area contributed by atoms with Crippen molar-refractivity contribution in [2.45, 2.75) is 59.6 Å². The predicted molar refractivity (Wildman–Crippen MR) is 91.7 cm³/mol. The first-order chi connectivity index (χ1) is 11.4. The van der Waals surface area contributed by atoms with Gasteiger partial charge >= 0.3 is 18.0 Å². The van der Waals surface area contributed by atoms with Gasteiger partial charge in [-0.3, -0.25) is 4.79 Å². The minimum Gasteiger partial charge on any atom is -0.480 e. The van der Waals surface area contributed by atoms with Crippen molar-refractivity contribution in [3.05, 3.63) is 28.8 Å². The molecule has 1 aromatic rings. The maximum absolute atomic E-state index is 11.9. The molecule has 0 aliphatic carbocycles. The van der Waals surface area contributed by atoms with Crippen molar-refractivity contribution >= 4 is 18.0 Å². The number of amides is 1. The fraction of sp³-hybridized carbons (Fsp3) is 0.500. The lowest BCUT2D eigenvalue weighted by molar-refractivity contribution is -0.139. The van der Waals surface area contributed by atoms with E-state index in [0.717, 1.165) is 16.7 Å². The summed E-state index contributed by atoms with van der Waals surface area (Å²) in [6.07, 6.45) is -0.696. The van der Waals surface area contributed by atoms with Crippen LogP contribution in [0, 0.1) is 13.8 Å². The van der Waals surface area contributed by atoms with Crippen LogP contribution in [0.25, 0.3) is 0 Å². The number of alkyl carbamates (subject to hydrolysis) is 1. The molecule has 2 N–H and O–H groups in total. The Labute approximate surface area is 147 Å². The van der Waals surface area contributed by atoms with Crippen molar-refractivity contribution in [2.24, 2.45) is 0 Å². The fourth-order valence-corrected chi connectivity index (χ4v) is 2.35. The highest BCUT2D eigenvalue weighted by Gasteiger charge is 2.25. The Morgan fingerprint density at radius 2 is 1.68 bits per heavy atom. The van der Waals surface area contributed by atoms with Crippen LogP contribution in [0.15, 0.2) is 12.1 Å². The number of aryl methyl sites for hydroxylation is 2. The van der Waals surface area contributed by atoms with Crippen LogP contribution in [0.1, 0.15) is 44.4 Å². The highest BCUT2D eigenvalue weighted by molar-refractivity contribution is 5.80. The molecule has 1 amide bonds. The second-order valence-electron chi connectivity index (χ2n) is 6.87. The largest absolute Gasteiger partial charge is 0.480 e. The highest BCUT2D eigenvalue weighted by atomic mass is 16.6. The Morgan fingerprint density at radius 1 is 1.16 bits per heavy atom. The number of rotatable bonds is 5. The van der Waals surface area contributed by atoms with E-state index in [4.69, 9.17) is 9.47 Å². The zero-order chi connectivity index (χ0) is 19.4. The summed E-state index contributed by atoms with van der Waals surface area (Å²) in [5.74, 6) is -1.19. The van der Waals surface area contributed by atoms with Gasteiger partial charge in [-0.25, -0.2) is 9.59 Å². The lowest BCUT2D eigenvalue weighted by atomic mass is 9.96. The fourth-order valence-electron chi connectivity index (χ4n) is 2.35. The molecule has 0 aliphatic rings. The van der Waals surface area contributed by atoms with Crippen LogP contribution < -0.4 is 10.1 Å². The van der Waals surface area contributed by atoms with Gasteiger partial charge in [0.15, 0.2) is 0 Å². The van der Waals surface area contributed by atoms with Crippen LogP contribution in [0.4, 0.5) is 4.79 Å². The summed E-state index contributed by atoms with van der Waals surface area (Å²) in [4.78, 5) is 34.4. The Kier molecular flexibility index (Phi) is 6.55. The summed E-state index contributed by atoms with van der Waals surface area (Å²) in [6.45, 7) is 9.99. The monoisotopic (exact) mass is 351 g/mol. The Balaban J connectivity index is 2.97. The third kappa shape index (κ3) is 6.82. The highest BCUT2D eigenvalue weighted by Crippen LogP contribution is 2.23. The lowest BCUT2D eigenvalue weighted by Crippen LogP contribution is -2.44. The zero-order valence-electron chi connectivity index (χ0n) is 15.4. The molecule has 0 saturated carbocycles. The molecule has 7 heteroatoms. The molecule has 0 aromatic heterocycles. The van der Waals surface area contributed by atoms with Gasteiger partial charge in [0.1, 0.15) is 17.4 Å². The van der Waals surface area contributed by atoms with E-state index in [2.05, 4.69) is 5.32 Å². The first-order valence-electron chi connectivity index (χ1n) is 7.90. The summed E-state index contributed by atoms with van der Waals surface area (Å²) in [5, 5.41) is 11.8. The molecule has 25 heavy (non-hydrogen) atoms. The molecular weight excluding hydrogens is 326 g/mol. The van der Waals surface area contributed by atoms with Crippen LogP contribution in [0.5, 0.6) is 5.75 Å². The molecule has 0 aliphatic heterocycles. The quantitative estimate of drug-likeness (QED) is 0.625. The number of nitrogens with one attached hydrogen (secondary N) is 1. The first-order valence-corrected chi connectivity index (χ1v) is 7.90. The van der Waals surface area contributed by atoms with Crippen molar-refractivity contribution in [3.8, 4) is 5.75 Å². The van der Waals surface area contributed by atoms with Crippen molar-refractivity contribution in [1.82, 2.24) is 5.32 Å². The van der Waals surface area contributed by atoms with Gasteiger partial charge in [-0.1, -0.05) is 0 Å². The van der Waals surface area contributed by atoms with E-state index < -0.39 is 29.7 Å². The number of benzene rings is 1. The van der Waals surface area contributed by atoms with Crippen LogP contribution in [0.3, 0.4) is 0 Å². The van der Waals surface area contributed by atoms with E-state index >= 15 is 0 Å². The maximum atomic E-state index is 11.9. The molecule has 7 nitrogen and oxygen atoms in total. The summed E-state index contributed by atoms with van der Waals surface area (Å²) in [7, 11) is 0. The van der Waals surface area contributed by atoms with Gasteiger partial charge in [0.2, 0.25) is 0 Å². The van der Waals surface area contributed by atoms with Crippen molar-refractivity contribution in [2.75, 3.05) is 0 Å². The number of carboxylic acids is 1. The van der Waals surface area contributed by atoms with Crippen LogP contribution >= 0.6 is 0 Å². The Hall–Kier alpha value is -2.57. The van der Waals surface area contributed by atoms with Crippen LogP contribution in [-0.4, -0.2) is 34.8 Å². The molecule has 1 aromatic carbocycles. The van der Waals surface area contributed by atoms with E-state index in [-0.39, 0.29) is 6.42 Å². The van der Waals surface area contributed by atoms with Gasteiger partial charge in [-0.05, 0) is 63.4 Å². The number of hydrogen-bond donors (Lipinski definition) is 2. The van der Waals surface area contributed by atoms with Gasteiger partial charge in [0.05, 0.1) is 0 Å². The third-order valence-corrected chi connectivity index (χ3v) is 3.33. The van der Waals surface area contributed by atoms with Crippen molar-refractivity contribution in [3.63, 3.8) is 0 Å². The van der Waals surface area contributed by atoms with Crippen molar-refractivity contribution in [1.29, 1.82) is 0 Å². The molecular formula is C18H25NO6. The molecule has 1 rings (SSSR count). The molecule has 0 fully saturated rings. The van der Waals surface area contributed by atoms with E-state index in [9.17, 15) is 19.5 Å². The Morgan fingerprint density at radius 3 is 2.08 bits per heavy atom. The molecule has 0 spiro atoms. The molecule has 138 valence electrons. The third-order valence-electron chi connectivity index (χ3n) is 3.33. The smallest absolute Gasteiger partial charge is 0.408 e. The van der Waals surface area contributed by atoms with Gasteiger partial charge in [0.25, 0.3) is 0 Å². The second-order valence-corrected chi connectivity index (χ2v) is 6.87. The molecule has 0 unspecified atom stereocenters. The average Bonchev–Trinajstić information content (AvgIpc) is 2.38. The van der Waals surface area contributed by atoms with Crippen LogP contribution in [-0.2, 0) is 20.7 Å². The van der Waals surface area contributed by atoms with Crippen LogP contribution in [0.2, 0.25) is 0 Å². The number of carbonyl (C=O) groups excluding carboxylic acids is 2. The molecule has 0 saturated heterocycles. The minimum absolute atomic E-state index is 0.0899. The lowest BCUT2D eigenvalue weighted by Gasteiger charge is -2.23. The van der Waals surface area contributed by atoms with Gasteiger partial charge < -0.3 is 19.9 Å². The normalized spacial score (nSPS) is 12.2. The second kappa shape index (κ2) is 8.00. The standard InChI is InChI=1S/C18H25NO6/c1-10-7-13(24-12(3)20)8-11(2)14(10)9-15(16(21)22)19-17(23)25-18(4,5)6/h7-8,15H,9H2,1-6H3,(H,19,23)(H,21,22)/t15-/m0/s1.